The Morgan fingerprint density at radius 3 is 2.73 bits per heavy atom. The molecule has 3 aromatic rings. The van der Waals surface area contributed by atoms with Crippen LogP contribution in [0.2, 0.25) is 0 Å². The van der Waals surface area contributed by atoms with Crippen LogP contribution in [-0.4, -0.2) is 70.2 Å². The number of likely N-dealkylation sites (N-methyl/N-ethyl adjacent to an activating group) is 1. The zero-order chi connectivity index (χ0) is 23.2. The molecule has 1 aromatic carbocycles. The van der Waals surface area contributed by atoms with Crippen LogP contribution in [0.3, 0.4) is 0 Å². The zero-order valence-electron chi connectivity index (χ0n) is 19.0. The van der Waals surface area contributed by atoms with Crippen molar-refractivity contribution in [3.8, 4) is 10.6 Å². The van der Waals surface area contributed by atoms with Crippen molar-refractivity contribution in [2.75, 3.05) is 44.7 Å². The minimum absolute atomic E-state index is 0.0715. The Hall–Kier alpha value is -2.85. The molecule has 8 nitrogen and oxygen atoms in total. The first-order chi connectivity index (χ1) is 16.0. The number of aliphatic hydroxyl groups is 1. The molecule has 174 valence electrons. The lowest BCUT2D eigenvalue weighted by Gasteiger charge is -2.33. The highest BCUT2D eigenvalue weighted by molar-refractivity contribution is 7.13. The number of hydrogen-bond donors (Lipinski definition) is 3. The van der Waals surface area contributed by atoms with Gasteiger partial charge in [-0.25, -0.2) is 9.97 Å². The summed E-state index contributed by atoms with van der Waals surface area (Å²) < 4.78 is 0. The van der Waals surface area contributed by atoms with Crippen molar-refractivity contribution in [3.05, 3.63) is 59.1 Å². The minimum atomic E-state index is -0.546. The first-order valence-corrected chi connectivity index (χ1v) is 12.1. The first-order valence-electron chi connectivity index (χ1n) is 11.2. The van der Waals surface area contributed by atoms with Crippen molar-refractivity contribution in [2.45, 2.75) is 20.0 Å². The fourth-order valence-corrected chi connectivity index (χ4v) is 4.56. The SMILES string of the molecule is CCN1CCN(CNC(=O)c2csc(-c3ccnc(Nc4cccc(C(C)O)c4)n3)c2)CC1. The van der Waals surface area contributed by atoms with Crippen LogP contribution in [0.1, 0.15) is 35.9 Å². The smallest absolute Gasteiger partial charge is 0.253 e. The number of amides is 1. The predicted molar refractivity (Wildman–Crippen MR) is 132 cm³/mol. The number of rotatable bonds is 8. The second kappa shape index (κ2) is 10.8. The number of aromatic nitrogens is 2. The number of hydrogen-bond acceptors (Lipinski definition) is 8. The molecular formula is C24H30N6O2S. The van der Waals surface area contributed by atoms with Gasteiger partial charge in [0.25, 0.3) is 5.91 Å². The van der Waals surface area contributed by atoms with Crippen molar-refractivity contribution in [3.63, 3.8) is 0 Å². The lowest BCUT2D eigenvalue weighted by molar-refractivity contribution is 0.0877. The van der Waals surface area contributed by atoms with Gasteiger partial charge in [-0.15, -0.1) is 11.3 Å². The Bertz CT molecular complexity index is 1080. The molecule has 3 N–H and O–H groups in total. The van der Waals surface area contributed by atoms with Crippen LogP contribution in [-0.2, 0) is 0 Å². The van der Waals surface area contributed by atoms with E-state index >= 15 is 0 Å². The average molecular weight is 467 g/mol. The second-order valence-electron chi connectivity index (χ2n) is 8.11. The van der Waals surface area contributed by atoms with E-state index in [1.54, 1.807) is 13.1 Å². The van der Waals surface area contributed by atoms with E-state index in [1.165, 1.54) is 11.3 Å². The number of benzene rings is 1. The fourth-order valence-electron chi connectivity index (χ4n) is 3.70. The molecule has 1 atom stereocenters. The van der Waals surface area contributed by atoms with Crippen molar-refractivity contribution in [1.29, 1.82) is 0 Å². The maximum atomic E-state index is 12.6. The van der Waals surface area contributed by atoms with E-state index in [1.807, 2.05) is 41.8 Å². The van der Waals surface area contributed by atoms with Crippen LogP contribution in [0.4, 0.5) is 11.6 Å². The van der Waals surface area contributed by atoms with Crippen molar-refractivity contribution >= 4 is 28.9 Å². The highest BCUT2D eigenvalue weighted by Gasteiger charge is 2.17. The van der Waals surface area contributed by atoms with E-state index in [4.69, 9.17) is 0 Å². The van der Waals surface area contributed by atoms with Gasteiger partial charge in [-0.1, -0.05) is 19.1 Å². The highest BCUT2D eigenvalue weighted by Crippen LogP contribution is 2.27. The molecule has 1 saturated heterocycles. The van der Waals surface area contributed by atoms with E-state index in [0.29, 0.717) is 18.2 Å². The van der Waals surface area contributed by atoms with E-state index in [0.717, 1.165) is 54.5 Å². The number of carbonyl (C=O) groups excluding carboxylic acids is 1. The predicted octanol–water partition coefficient (Wildman–Crippen LogP) is 3.33. The topological polar surface area (TPSA) is 93.6 Å². The maximum absolute atomic E-state index is 12.6. The van der Waals surface area contributed by atoms with Crippen molar-refractivity contribution < 1.29 is 9.90 Å². The number of thiophene rings is 1. The third-order valence-electron chi connectivity index (χ3n) is 5.77. The van der Waals surface area contributed by atoms with Crippen molar-refractivity contribution in [2.24, 2.45) is 0 Å². The lowest BCUT2D eigenvalue weighted by atomic mass is 10.1. The van der Waals surface area contributed by atoms with E-state index in [9.17, 15) is 9.90 Å². The highest BCUT2D eigenvalue weighted by atomic mass is 32.1. The van der Waals surface area contributed by atoms with Crippen LogP contribution in [0, 0.1) is 0 Å². The summed E-state index contributed by atoms with van der Waals surface area (Å²) in [6.45, 7) is 9.58. The molecule has 9 heteroatoms. The molecule has 33 heavy (non-hydrogen) atoms. The summed E-state index contributed by atoms with van der Waals surface area (Å²) in [5, 5.41) is 17.9. The first kappa shape index (κ1) is 23.3. The molecule has 1 aliphatic rings. The van der Waals surface area contributed by atoms with Gasteiger partial charge in [-0.2, -0.15) is 0 Å². The number of anilines is 2. The summed E-state index contributed by atoms with van der Waals surface area (Å²) >= 11 is 1.48. The van der Waals surface area contributed by atoms with Crippen molar-refractivity contribution in [1.82, 2.24) is 25.1 Å². The van der Waals surface area contributed by atoms with Gasteiger partial charge in [0.1, 0.15) is 0 Å². The second-order valence-corrected chi connectivity index (χ2v) is 9.02. The molecule has 4 rings (SSSR count). The van der Waals surface area contributed by atoms with Gasteiger partial charge in [-0.3, -0.25) is 9.69 Å². The molecule has 0 radical (unpaired) electrons. The monoisotopic (exact) mass is 466 g/mol. The van der Waals surface area contributed by atoms with Crippen LogP contribution in [0.5, 0.6) is 0 Å². The van der Waals surface area contributed by atoms with Crippen LogP contribution in [0.25, 0.3) is 10.6 Å². The molecule has 1 unspecified atom stereocenters. The number of nitrogens with one attached hydrogen (secondary N) is 2. The van der Waals surface area contributed by atoms with Gasteiger partial charge in [-0.05, 0) is 43.3 Å². The zero-order valence-corrected chi connectivity index (χ0v) is 19.8. The molecule has 0 aliphatic carbocycles. The van der Waals surface area contributed by atoms with Gasteiger partial charge in [0.15, 0.2) is 0 Å². The Morgan fingerprint density at radius 1 is 1.18 bits per heavy atom. The van der Waals surface area contributed by atoms with Gasteiger partial charge in [0, 0.05) is 43.4 Å². The Labute approximate surface area is 198 Å². The molecular weight excluding hydrogens is 436 g/mol. The average Bonchev–Trinajstić information content (AvgIpc) is 3.34. The minimum Gasteiger partial charge on any atom is -0.389 e. The molecule has 1 aliphatic heterocycles. The third kappa shape index (κ3) is 6.14. The molecule has 0 saturated carbocycles. The summed E-state index contributed by atoms with van der Waals surface area (Å²) in [5.74, 6) is 0.388. The number of nitrogens with zero attached hydrogens (tertiary/aromatic N) is 4. The van der Waals surface area contributed by atoms with Gasteiger partial charge < -0.3 is 20.6 Å². The fraction of sp³-hybridized carbons (Fsp3) is 0.375. The van der Waals surface area contributed by atoms with Crippen LogP contribution >= 0.6 is 11.3 Å². The molecule has 1 fully saturated rings. The standard InChI is InChI=1S/C24H30N6O2S/c1-3-29-9-11-30(12-10-29)16-26-23(32)19-14-22(33-15-19)21-7-8-25-24(28-21)27-20-6-4-5-18(13-20)17(2)31/h4-8,13-15,17,31H,3,9-12,16H2,1-2H3,(H,26,32)(H,25,27,28). The summed E-state index contributed by atoms with van der Waals surface area (Å²) in [6, 6.07) is 11.2. The van der Waals surface area contributed by atoms with E-state index in [2.05, 4.69) is 37.3 Å². The van der Waals surface area contributed by atoms with Crippen LogP contribution in [0.15, 0.2) is 48.0 Å². The lowest BCUT2D eigenvalue weighted by Crippen LogP contribution is -2.49. The normalized spacial score (nSPS) is 15.8. The van der Waals surface area contributed by atoms with Gasteiger partial charge in [0.05, 0.1) is 28.9 Å². The number of carbonyl (C=O) groups is 1. The maximum Gasteiger partial charge on any atom is 0.253 e. The Balaban J connectivity index is 1.37. The summed E-state index contributed by atoms with van der Waals surface area (Å²) in [7, 11) is 0. The van der Waals surface area contributed by atoms with Gasteiger partial charge >= 0.3 is 0 Å². The quantitative estimate of drug-likeness (QED) is 0.469. The third-order valence-corrected chi connectivity index (χ3v) is 6.72. The van der Waals surface area contributed by atoms with E-state index in [-0.39, 0.29) is 5.91 Å². The molecule has 0 bridgehead atoms. The summed E-state index contributed by atoms with van der Waals surface area (Å²) in [6.07, 6.45) is 1.15. The Kier molecular flexibility index (Phi) is 7.66. The Morgan fingerprint density at radius 2 is 1.97 bits per heavy atom. The molecule has 1 amide bonds. The number of aliphatic hydroxyl groups excluding tert-OH is 1. The summed E-state index contributed by atoms with van der Waals surface area (Å²) in [5.41, 5.74) is 3.01. The molecule has 2 aromatic heterocycles. The van der Waals surface area contributed by atoms with Crippen LogP contribution < -0.4 is 10.6 Å². The number of piperazine rings is 1. The molecule has 3 heterocycles. The van der Waals surface area contributed by atoms with E-state index < -0.39 is 6.10 Å². The molecule has 0 spiro atoms. The summed E-state index contributed by atoms with van der Waals surface area (Å²) in [4.78, 5) is 27.1. The van der Waals surface area contributed by atoms with Gasteiger partial charge in [0.2, 0.25) is 5.95 Å². The largest absolute Gasteiger partial charge is 0.389 e.